The average Bonchev–Trinajstić information content (AvgIpc) is 3.50. The monoisotopic (exact) mass is 390 g/mol. The van der Waals surface area contributed by atoms with Gasteiger partial charge < -0.3 is 19.1 Å². The van der Waals surface area contributed by atoms with E-state index < -0.39 is 5.60 Å². The van der Waals surface area contributed by atoms with E-state index >= 15 is 0 Å². The van der Waals surface area contributed by atoms with Crippen LogP contribution in [-0.2, 0) is 11.3 Å². The fourth-order valence-corrected chi connectivity index (χ4v) is 3.86. The Morgan fingerprint density at radius 2 is 1.89 bits per heavy atom. The van der Waals surface area contributed by atoms with Gasteiger partial charge in [0.2, 0.25) is 0 Å². The topological polar surface area (TPSA) is 51.2 Å². The Balaban J connectivity index is 1.71. The molecule has 3 rings (SSSR count). The van der Waals surface area contributed by atoms with Gasteiger partial charge in [-0.2, -0.15) is 0 Å². The predicted octanol–water partition coefficient (Wildman–Crippen LogP) is 4.07. The molecule has 1 atom stereocenters. The van der Waals surface area contributed by atoms with Crippen molar-refractivity contribution in [2.45, 2.75) is 70.7 Å². The molecular formula is C22H34N2O4. The van der Waals surface area contributed by atoms with E-state index in [0.29, 0.717) is 12.1 Å². The van der Waals surface area contributed by atoms with Gasteiger partial charge in [-0.1, -0.05) is 6.07 Å². The molecule has 2 aliphatic rings. The maximum atomic E-state index is 12.5. The summed E-state index contributed by atoms with van der Waals surface area (Å²) in [6.07, 6.45) is 4.36. The second-order valence-corrected chi connectivity index (χ2v) is 8.80. The summed E-state index contributed by atoms with van der Waals surface area (Å²) in [5.41, 5.74) is 0.695. The van der Waals surface area contributed by atoms with Crippen molar-refractivity contribution in [2.24, 2.45) is 0 Å². The van der Waals surface area contributed by atoms with Gasteiger partial charge >= 0.3 is 6.09 Å². The standard InChI is InChI=1S/C22H34N2O4/c1-22(2,3)28-21(25)23-12-6-7-18(15-23)24(17-9-10-17)14-16-8-11-19(26-4)13-20(16)27-5/h8,11,13,17-18H,6-7,9-10,12,14-15H2,1-5H3/t18-/m1/s1. The van der Waals surface area contributed by atoms with Gasteiger partial charge in [-0.3, -0.25) is 4.90 Å². The molecule has 0 aromatic heterocycles. The van der Waals surface area contributed by atoms with Crippen LogP contribution in [0.5, 0.6) is 11.5 Å². The number of hydrogen-bond acceptors (Lipinski definition) is 5. The highest BCUT2D eigenvalue weighted by Crippen LogP contribution is 2.35. The lowest BCUT2D eigenvalue weighted by Gasteiger charge is -2.40. The Morgan fingerprint density at radius 1 is 1.14 bits per heavy atom. The van der Waals surface area contributed by atoms with Crippen LogP contribution >= 0.6 is 0 Å². The first kappa shape index (κ1) is 20.8. The summed E-state index contributed by atoms with van der Waals surface area (Å²) in [5, 5.41) is 0. The summed E-state index contributed by atoms with van der Waals surface area (Å²) in [6, 6.07) is 6.95. The third-order valence-electron chi connectivity index (χ3n) is 5.38. The van der Waals surface area contributed by atoms with Crippen molar-refractivity contribution >= 4 is 6.09 Å². The Morgan fingerprint density at radius 3 is 2.50 bits per heavy atom. The third-order valence-corrected chi connectivity index (χ3v) is 5.38. The minimum Gasteiger partial charge on any atom is -0.497 e. The summed E-state index contributed by atoms with van der Waals surface area (Å²) in [4.78, 5) is 17.0. The first-order valence-electron chi connectivity index (χ1n) is 10.3. The second-order valence-electron chi connectivity index (χ2n) is 8.80. The smallest absolute Gasteiger partial charge is 0.410 e. The molecule has 28 heavy (non-hydrogen) atoms. The highest BCUT2D eigenvalue weighted by Gasteiger charge is 2.38. The third kappa shape index (κ3) is 5.31. The maximum Gasteiger partial charge on any atom is 0.410 e. The molecule has 1 heterocycles. The van der Waals surface area contributed by atoms with Crippen LogP contribution < -0.4 is 9.47 Å². The lowest BCUT2D eigenvalue weighted by Crippen LogP contribution is -2.51. The molecule has 0 radical (unpaired) electrons. The lowest BCUT2D eigenvalue weighted by molar-refractivity contribution is 0.00875. The van der Waals surface area contributed by atoms with Crippen LogP contribution in [0.2, 0.25) is 0 Å². The van der Waals surface area contributed by atoms with E-state index in [1.165, 1.54) is 12.8 Å². The number of benzene rings is 1. The van der Waals surface area contributed by atoms with Crippen LogP contribution in [0.15, 0.2) is 18.2 Å². The molecule has 6 nitrogen and oxygen atoms in total. The first-order chi connectivity index (χ1) is 13.3. The Kier molecular flexibility index (Phi) is 6.38. The summed E-state index contributed by atoms with van der Waals surface area (Å²) < 4.78 is 16.5. The molecule has 1 amide bonds. The van der Waals surface area contributed by atoms with Gasteiger partial charge in [-0.05, 0) is 52.5 Å². The summed E-state index contributed by atoms with van der Waals surface area (Å²) in [7, 11) is 3.36. The average molecular weight is 391 g/mol. The van der Waals surface area contributed by atoms with Crippen LogP contribution in [0.25, 0.3) is 0 Å². The van der Waals surface area contributed by atoms with E-state index in [-0.39, 0.29) is 6.09 Å². The van der Waals surface area contributed by atoms with Crippen LogP contribution in [0.3, 0.4) is 0 Å². The van der Waals surface area contributed by atoms with Gasteiger partial charge in [0.05, 0.1) is 14.2 Å². The highest BCUT2D eigenvalue weighted by molar-refractivity contribution is 5.68. The van der Waals surface area contributed by atoms with E-state index in [1.54, 1.807) is 14.2 Å². The van der Waals surface area contributed by atoms with Crippen molar-refractivity contribution in [2.75, 3.05) is 27.3 Å². The number of likely N-dealkylation sites (tertiary alicyclic amines) is 1. The predicted molar refractivity (Wildman–Crippen MR) is 109 cm³/mol. The summed E-state index contributed by atoms with van der Waals surface area (Å²) in [6.45, 7) is 8.07. The molecule has 0 unspecified atom stereocenters. The highest BCUT2D eigenvalue weighted by atomic mass is 16.6. The van der Waals surface area contributed by atoms with Gasteiger partial charge in [0.25, 0.3) is 0 Å². The van der Waals surface area contributed by atoms with E-state index in [2.05, 4.69) is 11.0 Å². The zero-order valence-corrected chi connectivity index (χ0v) is 17.9. The van der Waals surface area contributed by atoms with Crippen molar-refractivity contribution in [1.82, 2.24) is 9.80 Å². The van der Waals surface area contributed by atoms with Gasteiger partial charge in [0.15, 0.2) is 0 Å². The number of carbonyl (C=O) groups is 1. The molecule has 6 heteroatoms. The SMILES string of the molecule is COc1ccc(CN(C2CC2)[C@@H]2CCCN(C(=O)OC(C)(C)C)C2)c(OC)c1. The van der Waals surface area contributed by atoms with E-state index in [9.17, 15) is 4.79 Å². The molecule has 0 N–H and O–H groups in total. The van der Waals surface area contributed by atoms with Gasteiger partial charge in [-0.25, -0.2) is 4.79 Å². The maximum absolute atomic E-state index is 12.5. The van der Waals surface area contributed by atoms with Crippen LogP contribution in [0, 0.1) is 0 Å². The number of ether oxygens (including phenoxy) is 3. The molecule has 2 fully saturated rings. The zero-order valence-electron chi connectivity index (χ0n) is 17.9. The number of hydrogen-bond donors (Lipinski definition) is 0. The normalized spacial score (nSPS) is 20.2. The largest absolute Gasteiger partial charge is 0.497 e. The van der Waals surface area contributed by atoms with Gasteiger partial charge in [0.1, 0.15) is 17.1 Å². The second kappa shape index (κ2) is 8.60. The lowest BCUT2D eigenvalue weighted by atomic mass is 10.0. The quantitative estimate of drug-likeness (QED) is 0.733. The number of nitrogens with zero attached hydrogens (tertiary/aromatic N) is 2. The molecule has 1 saturated heterocycles. The van der Waals surface area contributed by atoms with E-state index in [4.69, 9.17) is 14.2 Å². The Bertz CT molecular complexity index is 682. The van der Waals surface area contributed by atoms with Crippen LogP contribution in [-0.4, -0.2) is 60.9 Å². The first-order valence-corrected chi connectivity index (χ1v) is 10.3. The van der Waals surface area contributed by atoms with Gasteiger partial charge in [0, 0.05) is 43.3 Å². The number of piperidine rings is 1. The van der Waals surface area contributed by atoms with Crippen molar-refractivity contribution in [3.8, 4) is 11.5 Å². The fourth-order valence-electron chi connectivity index (χ4n) is 3.86. The van der Waals surface area contributed by atoms with Crippen molar-refractivity contribution in [3.05, 3.63) is 23.8 Å². The number of rotatable bonds is 6. The Hall–Kier alpha value is -1.95. The molecule has 1 saturated carbocycles. The van der Waals surface area contributed by atoms with Crippen molar-refractivity contribution < 1.29 is 19.0 Å². The molecule has 1 aliphatic carbocycles. The summed E-state index contributed by atoms with van der Waals surface area (Å²) in [5.74, 6) is 1.65. The molecular weight excluding hydrogens is 356 g/mol. The van der Waals surface area contributed by atoms with Crippen LogP contribution in [0.1, 0.15) is 52.0 Å². The minimum absolute atomic E-state index is 0.199. The van der Waals surface area contributed by atoms with Gasteiger partial charge in [-0.15, -0.1) is 0 Å². The molecule has 0 spiro atoms. The van der Waals surface area contributed by atoms with Crippen molar-refractivity contribution in [3.63, 3.8) is 0 Å². The number of carbonyl (C=O) groups excluding carboxylic acids is 1. The molecule has 1 aromatic rings. The van der Waals surface area contributed by atoms with Crippen molar-refractivity contribution in [1.29, 1.82) is 0 Å². The van der Waals surface area contributed by atoms with Crippen LogP contribution in [0.4, 0.5) is 4.79 Å². The zero-order chi connectivity index (χ0) is 20.3. The minimum atomic E-state index is -0.462. The molecule has 1 aromatic carbocycles. The molecule has 156 valence electrons. The molecule has 1 aliphatic heterocycles. The Labute approximate surface area is 168 Å². The van der Waals surface area contributed by atoms with E-state index in [1.807, 2.05) is 37.8 Å². The summed E-state index contributed by atoms with van der Waals surface area (Å²) >= 11 is 0. The van der Waals surface area contributed by atoms with E-state index in [0.717, 1.165) is 49.5 Å². The number of methoxy groups -OCH3 is 2. The number of amides is 1. The molecule has 0 bridgehead atoms. The fraction of sp³-hybridized carbons (Fsp3) is 0.682.